The zero-order valence-electron chi connectivity index (χ0n) is 20.2. The number of esters is 3. The predicted octanol–water partition coefficient (Wildman–Crippen LogP) is 4.21. The average Bonchev–Trinajstić information content (AvgIpc) is 2.88. The summed E-state index contributed by atoms with van der Waals surface area (Å²) in [7, 11) is 2.35. The molecule has 9 nitrogen and oxygen atoms in total. The molecule has 0 aromatic heterocycles. The maximum absolute atomic E-state index is 13.2. The van der Waals surface area contributed by atoms with E-state index in [-0.39, 0.29) is 35.7 Å². The molecule has 0 fully saturated rings. The molecule has 11 heteroatoms. The van der Waals surface area contributed by atoms with Crippen molar-refractivity contribution in [2.45, 2.75) is 19.3 Å². The van der Waals surface area contributed by atoms with Crippen LogP contribution in [0.25, 0.3) is 0 Å². The van der Waals surface area contributed by atoms with Crippen molar-refractivity contribution >= 4 is 55.5 Å². The molecule has 0 saturated heterocycles. The molecular formula is C26H23Br2N3O6. The van der Waals surface area contributed by atoms with Crippen LogP contribution in [0, 0.1) is 11.3 Å². The number of anilines is 1. The highest BCUT2D eigenvalue weighted by molar-refractivity contribution is 9.11. The number of ether oxygens (including phenoxy) is 3. The number of allylic oxidation sites excluding steroid dienone is 1. The molecule has 3 rings (SSSR count). The van der Waals surface area contributed by atoms with Crippen molar-refractivity contribution in [3.05, 3.63) is 85.2 Å². The Labute approximate surface area is 230 Å². The van der Waals surface area contributed by atoms with Gasteiger partial charge < -0.3 is 19.9 Å². The quantitative estimate of drug-likeness (QED) is 0.352. The Morgan fingerprint density at radius 3 is 2.16 bits per heavy atom. The first-order valence-corrected chi connectivity index (χ1v) is 12.6. The molecule has 2 aromatic rings. The van der Waals surface area contributed by atoms with E-state index < -0.39 is 23.8 Å². The molecule has 0 aliphatic carbocycles. The number of nitrogens with two attached hydrogens (primary N) is 1. The highest BCUT2D eigenvalue weighted by Crippen LogP contribution is 2.47. The van der Waals surface area contributed by atoms with Crippen LogP contribution in [0.2, 0.25) is 0 Å². The largest absolute Gasteiger partial charge is 0.466 e. The number of halogens is 2. The lowest BCUT2D eigenvalue weighted by Crippen LogP contribution is -2.41. The summed E-state index contributed by atoms with van der Waals surface area (Å²) in [5.41, 5.74) is 7.75. The third kappa shape index (κ3) is 5.55. The van der Waals surface area contributed by atoms with Crippen molar-refractivity contribution in [2.24, 2.45) is 5.73 Å². The molecule has 0 saturated carbocycles. The van der Waals surface area contributed by atoms with E-state index >= 15 is 0 Å². The molecule has 1 unspecified atom stereocenters. The Morgan fingerprint density at radius 2 is 1.65 bits per heavy atom. The van der Waals surface area contributed by atoms with Crippen LogP contribution in [0.5, 0.6) is 0 Å². The standard InChI is InChI=1S/C26H23Br2N3O6/c1-4-37-19(32)12-14-10-17(27)22(18(28)11-14)31-23(26(34)36-3)21(25(33)35-2)20(16(13-29)24(31)30)15-8-6-5-7-9-15/h5-11,20H,4,12,30H2,1-3H3. The van der Waals surface area contributed by atoms with Crippen molar-refractivity contribution in [1.82, 2.24) is 0 Å². The van der Waals surface area contributed by atoms with E-state index in [0.717, 1.165) is 0 Å². The Hall–Kier alpha value is -3.62. The van der Waals surface area contributed by atoms with E-state index in [0.29, 0.717) is 25.8 Å². The van der Waals surface area contributed by atoms with Gasteiger partial charge in [0.15, 0.2) is 0 Å². The first-order valence-electron chi connectivity index (χ1n) is 11.0. The molecule has 1 heterocycles. The van der Waals surface area contributed by atoms with Crippen LogP contribution in [0.1, 0.15) is 24.0 Å². The smallest absolute Gasteiger partial charge is 0.355 e. The molecule has 0 radical (unpaired) electrons. The molecule has 0 amide bonds. The molecule has 1 aliphatic rings. The van der Waals surface area contributed by atoms with Crippen LogP contribution in [0.3, 0.4) is 0 Å². The highest BCUT2D eigenvalue weighted by Gasteiger charge is 2.43. The van der Waals surface area contributed by atoms with Gasteiger partial charge in [0.2, 0.25) is 0 Å². The minimum Gasteiger partial charge on any atom is -0.466 e. The van der Waals surface area contributed by atoms with Gasteiger partial charge in [-0.1, -0.05) is 30.3 Å². The van der Waals surface area contributed by atoms with Crippen molar-refractivity contribution in [1.29, 1.82) is 5.26 Å². The number of nitriles is 1. The van der Waals surface area contributed by atoms with Crippen LogP contribution in [0.4, 0.5) is 5.69 Å². The minimum atomic E-state index is -0.982. The Bertz CT molecular complexity index is 1320. The summed E-state index contributed by atoms with van der Waals surface area (Å²) in [5.74, 6) is -3.16. The topological polar surface area (TPSA) is 132 Å². The van der Waals surface area contributed by atoms with Gasteiger partial charge in [-0.25, -0.2) is 9.59 Å². The van der Waals surface area contributed by atoms with E-state index in [9.17, 15) is 19.6 Å². The first-order chi connectivity index (χ1) is 17.7. The van der Waals surface area contributed by atoms with Crippen molar-refractivity contribution in [2.75, 3.05) is 25.7 Å². The highest BCUT2D eigenvalue weighted by atomic mass is 79.9. The van der Waals surface area contributed by atoms with Gasteiger partial charge in [-0.15, -0.1) is 0 Å². The van der Waals surface area contributed by atoms with Crippen LogP contribution < -0.4 is 10.6 Å². The number of carbonyl (C=O) groups is 3. The van der Waals surface area contributed by atoms with Gasteiger partial charge in [0.1, 0.15) is 11.5 Å². The lowest BCUT2D eigenvalue weighted by molar-refractivity contribution is -0.142. The number of methoxy groups -OCH3 is 2. The molecular weight excluding hydrogens is 610 g/mol. The number of nitrogens with zero attached hydrogens (tertiary/aromatic N) is 2. The summed E-state index contributed by atoms with van der Waals surface area (Å²) in [6.07, 6.45) is 0.00325. The number of rotatable bonds is 7. The van der Waals surface area contributed by atoms with E-state index in [1.807, 2.05) is 0 Å². The molecule has 2 N–H and O–H groups in total. The summed E-state index contributed by atoms with van der Waals surface area (Å²) in [4.78, 5) is 39.7. The SMILES string of the molecule is CCOC(=O)Cc1cc(Br)c(N2C(N)=C(C#N)C(c3ccccc3)C(C(=O)OC)=C2C(=O)OC)c(Br)c1. The maximum Gasteiger partial charge on any atom is 0.355 e. The molecule has 1 atom stereocenters. The fourth-order valence-corrected chi connectivity index (χ4v) is 5.69. The molecule has 2 aromatic carbocycles. The van der Waals surface area contributed by atoms with E-state index in [2.05, 4.69) is 37.9 Å². The van der Waals surface area contributed by atoms with Crippen LogP contribution in [-0.2, 0) is 35.0 Å². The second-order valence-corrected chi connectivity index (χ2v) is 9.43. The van der Waals surface area contributed by atoms with Gasteiger partial charge in [-0.2, -0.15) is 5.26 Å². The second kappa shape index (κ2) is 12.1. The Balaban J connectivity index is 2.34. The second-order valence-electron chi connectivity index (χ2n) is 7.73. The maximum atomic E-state index is 13.2. The van der Waals surface area contributed by atoms with Crippen LogP contribution in [-0.4, -0.2) is 38.7 Å². The fourth-order valence-electron chi connectivity index (χ4n) is 4.06. The minimum absolute atomic E-state index is 0.00325. The lowest BCUT2D eigenvalue weighted by Gasteiger charge is -2.36. The van der Waals surface area contributed by atoms with E-state index in [1.54, 1.807) is 49.4 Å². The lowest BCUT2D eigenvalue weighted by atomic mass is 9.81. The van der Waals surface area contributed by atoms with Crippen LogP contribution >= 0.6 is 31.9 Å². The number of hydrogen-bond donors (Lipinski definition) is 1. The fraction of sp³-hybridized carbons (Fsp3) is 0.231. The number of hydrogen-bond acceptors (Lipinski definition) is 9. The van der Waals surface area contributed by atoms with Gasteiger partial charge in [0.05, 0.1) is 56.1 Å². The summed E-state index contributed by atoms with van der Waals surface area (Å²) in [6, 6.07) is 14.1. The molecule has 0 spiro atoms. The summed E-state index contributed by atoms with van der Waals surface area (Å²) < 4.78 is 16.0. The Kier molecular flexibility index (Phi) is 9.13. The average molecular weight is 633 g/mol. The van der Waals surface area contributed by atoms with Gasteiger partial charge >= 0.3 is 17.9 Å². The summed E-state index contributed by atoms with van der Waals surface area (Å²) in [5, 5.41) is 10.2. The third-order valence-electron chi connectivity index (χ3n) is 5.56. The van der Waals surface area contributed by atoms with E-state index in [1.165, 1.54) is 19.1 Å². The number of carbonyl (C=O) groups excluding carboxylic acids is 3. The monoisotopic (exact) mass is 631 g/mol. The van der Waals surface area contributed by atoms with Crippen LogP contribution in [0.15, 0.2) is 74.1 Å². The third-order valence-corrected chi connectivity index (χ3v) is 6.77. The molecule has 0 bridgehead atoms. The molecule has 37 heavy (non-hydrogen) atoms. The van der Waals surface area contributed by atoms with Gasteiger partial charge in [0.25, 0.3) is 0 Å². The van der Waals surface area contributed by atoms with Crippen molar-refractivity contribution < 1.29 is 28.6 Å². The normalized spacial score (nSPS) is 15.2. The van der Waals surface area contributed by atoms with Crippen molar-refractivity contribution in [3.63, 3.8) is 0 Å². The van der Waals surface area contributed by atoms with Gasteiger partial charge in [0, 0.05) is 8.95 Å². The van der Waals surface area contributed by atoms with Gasteiger partial charge in [-0.3, -0.25) is 9.69 Å². The summed E-state index contributed by atoms with van der Waals surface area (Å²) in [6.45, 7) is 1.96. The molecule has 1 aliphatic heterocycles. The van der Waals surface area contributed by atoms with Crippen molar-refractivity contribution in [3.8, 4) is 6.07 Å². The zero-order valence-corrected chi connectivity index (χ0v) is 23.4. The first kappa shape index (κ1) is 28.0. The summed E-state index contributed by atoms with van der Waals surface area (Å²) >= 11 is 6.98. The van der Waals surface area contributed by atoms with E-state index in [4.69, 9.17) is 19.9 Å². The Morgan fingerprint density at radius 1 is 1.05 bits per heavy atom. The predicted molar refractivity (Wildman–Crippen MR) is 142 cm³/mol. The van der Waals surface area contributed by atoms with Gasteiger partial charge in [-0.05, 0) is 62.0 Å². The number of benzene rings is 2. The molecule has 192 valence electrons. The zero-order chi connectivity index (χ0) is 27.3.